The molecule has 3 heteroatoms. The van der Waals surface area contributed by atoms with Crippen LogP contribution in [0.15, 0.2) is 24.3 Å². The van der Waals surface area contributed by atoms with Gasteiger partial charge in [0.15, 0.2) is 0 Å². The molecular formula is C13H20ClNO. The summed E-state index contributed by atoms with van der Waals surface area (Å²) in [5, 5.41) is 12.9. The number of hydrogen-bond donors (Lipinski definition) is 2. The second-order valence-corrected chi connectivity index (χ2v) is 4.45. The highest BCUT2D eigenvalue weighted by molar-refractivity contribution is 6.30. The van der Waals surface area contributed by atoms with Crippen molar-refractivity contribution >= 4 is 11.6 Å². The first-order chi connectivity index (χ1) is 7.74. The van der Waals surface area contributed by atoms with Crippen molar-refractivity contribution < 1.29 is 5.11 Å². The lowest BCUT2D eigenvalue weighted by Crippen LogP contribution is -2.19. The Labute approximate surface area is 103 Å². The summed E-state index contributed by atoms with van der Waals surface area (Å²) in [4.78, 5) is 0. The van der Waals surface area contributed by atoms with Crippen LogP contribution in [-0.2, 0) is 0 Å². The summed E-state index contributed by atoms with van der Waals surface area (Å²) in [5.41, 5.74) is 1.22. The predicted octanol–water partition coefficient (Wildman–Crippen LogP) is 3.15. The second kappa shape index (κ2) is 7.66. The highest BCUT2D eigenvalue weighted by Gasteiger charge is 2.03. The zero-order chi connectivity index (χ0) is 11.8. The molecule has 1 aromatic rings. The van der Waals surface area contributed by atoms with Gasteiger partial charge >= 0.3 is 0 Å². The van der Waals surface area contributed by atoms with Gasteiger partial charge in [-0.05, 0) is 50.4 Å². The average molecular weight is 242 g/mol. The van der Waals surface area contributed by atoms with Crippen molar-refractivity contribution in [3.05, 3.63) is 34.9 Å². The van der Waals surface area contributed by atoms with Gasteiger partial charge < -0.3 is 10.4 Å². The molecule has 0 spiro atoms. The van der Waals surface area contributed by atoms with Crippen molar-refractivity contribution in [1.82, 2.24) is 5.32 Å². The Hall–Kier alpha value is -0.570. The number of aliphatic hydroxyl groups is 1. The lowest BCUT2D eigenvalue weighted by Gasteiger charge is -2.14. The average Bonchev–Trinajstić information content (AvgIpc) is 2.28. The smallest absolute Gasteiger partial charge is 0.0431 e. The molecule has 0 bridgehead atoms. The monoisotopic (exact) mass is 241 g/mol. The number of rotatable bonds is 7. The van der Waals surface area contributed by atoms with Crippen LogP contribution in [-0.4, -0.2) is 18.3 Å². The summed E-state index contributed by atoms with van der Waals surface area (Å²) in [6, 6.07) is 8.26. The first-order valence-electron chi connectivity index (χ1n) is 5.83. The van der Waals surface area contributed by atoms with Crippen molar-refractivity contribution in [3.63, 3.8) is 0 Å². The molecule has 0 amide bonds. The van der Waals surface area contributed by atoms with Crippen molar-refractivity contribution in [2.75, 3.05) is 13.2 Å². The van der Waals surface area contributed by atoms with Crippen molar-refractivity contribution in [1.29, 1.82) is 0 Å². The van der Waals surface area contributed by atoms with E-state index in [1.807, 2.05) is 18.2 Å². The van der Waals surface area contributed by atoms with Gasteiger partial charge in [0.1, 0.15) is 0 Å². The van der Waals surface area contributed by atoms with Crippen LogP contribution in [0.4, 0.5) is 0 Å². The van der Waals surface area contributed by atoms with Crippen molar-refractivity contribution in [2.24, 2.45) is 0 Å². The number of halogens is 1. The van der Waals surface area contributed by atoms with E-state index in [2.05, 4.69) is 18.3 Å². The van der Waals surface area contributed by atoms with Crippen LogP contribution in [0.1, 0.15) is 37.8 Å². The van der Waals surface area contributed by atoms with Crippen LogP contribution in [0.2, 0.25) is 5.02 Å². The van der Waals surface area contributed by atoms with Gasteiger partial charge in [-0.25, -0.2) is 0 Å². The topological polar surface area (TPSA) is 32.3 Å². The Kier molecular flexibility index (Phi) is 6.46. The second-order valence-electron chi connectivity index (χ2n) is 4.02. The fourth-order valence-electron chi connectivity index (χ4n) is 1.63. The number of hydrogen-bond acceptors (Lipinski definition) is 2. The quantitative estimate of drug-likeness (QED) is 0.719. The van der Waals surface area contributed by atoms with Gasteiger partial charge in [-0.3, -0.25) is 0 Å². The summed E-state index contributed by atoms with van der Waals surface area (Å²) in [5.74, 6) is 0. The molecule has 1 atom stereocenters. The Bertz CT molecular complexity index is 304. The normalized spacial score (nSPS) is 12.7. The molecule has 0 heterocycles. The van der Waals surface area contributed by atoms with E-state index in [-0.39, 0.29) is 0 Å². The standard InChI is InChI=1S/C13H20ClNO/c1-11(15-8-3-2-4-9-16)12-6-5-7-13(14)10-12/h5-7,10-11,15-16H,2-4,8-9H2,1H3/t11-/m0/s1. The highest BCUT2D eigenvalue weighted by Crippen LogP contribution is 2.17. The molecule has 16 heavy (non-hydrogen) atoms. The van der Waals surface area contributed by atoms with E-state index in [1.54, 1.807) is 0 Å². The van der Waals surface area contributed by atoms with Crippen LogP contribution in [0.3, 0.4) is 0 Å². The van der Waals surface area contributed by atoms with Gasteiger partial charge in [-0.15, -0.1) is 0 Å². The summed E-state index contributed by atoms with van der Waals surface area (Å²) in [6.07, 6.45) is 3.07. The molecule has 0 aliphatic heterocycles. The number of nitrogens with one attached hydrogen (secondary N) is 1. The van der Waals surface area contributed by atoms with Crippen molar-refractivity contribution in [3.8, 4) is 0 Å². The maximum atomic E-state index is 8.65. The molecule has 90 valence electrons. The van der Waals surface area contributed by atoms with Gasteiger partial charge in [0, 0.05) is 17.7 Å². The molecule has 1 aromatic carbocycles. The van der Waals surface area contributed by atoms with E-state index < -0.39 is 0 Å². The Morgan fingerprint density at radius 3 is 2.81 bits per heavy atom. The van der Waals surface area contributed by atoms with E-state index in [9.17, 15) is 0 Å². The molecule has 0 saturated heterocycles. The largest absolute Gasteiger partial charge is 0.396 e. The minimum absolute atomic E-state index is 0.295. The first-order valence-corrected chi connectivity index (χ1v) is 6.21. The maximum absolute atomic E-state index is 8.65. The number of unbranched alkanes of at least 4 members (excludes halogenated alkanes) is 2. The molecule has 2 nitrogen and oxygen atoms in total. The zero-order valence-electron chi connectivity index (χ0n) is 9.75. The summed E-state index contributed by atoms with van der Waals surface area (Å²) < 4.78 is 0. The number of aliphatic hydroxyl groups excluding tert-OH is 1. The van der Waals surface area contributed by atoms with Crippen molar-refractivity contribution in [2.45, 2.75) is 32.2 Å². The van der Waals surface area contributed by atoms with E-state index in [0.717, 1.165) is 30.8 Å². The molecule has 0 unspecified atom stereocenters. The van der Waals surface area contributed by atoms with Crippen LogP contribution in [0, 0.1) is 0 Å². The fourth-order valence-corrected chi connectivity index (χ4v) is 1.82. The highest BCUT2D eigenvalue weighted by atomic mass is 35.5. The third kappa shape index (κ3) is 4.97. The van der Waals surface area contributed by atoms with Crippen LogP contribution >= 0.6 is 11.6 Å². The summed E-state index contributed by atoms with van der Waals surface area (Å²) >= 11 is 5.94. The van der Waals surface area contributed by atoms with E-state index in [0.29, 0.717) is 12.6 Å². The third-order valence-electron chi connectivity index (χ3n) is 2.63. The van der Waals surface area contributed by atoms with E-state index >= 15 is 0 Å². The zero-order valence-corrected chi connectivity index (χ0v) is 10.5. The molecule has 1 rings (SSSR count). The maximum Gasteiger partial charge on any atom is 0.0431 e. The fraction of sp³-hybridized carbons (Fsp3) is 0.538. The molecule has 0 radical (unpaired) electrons. The lowest BCUT2D eigenvalue weighted by molar-refractivity contribution is 0.282. The molecule has 0 saturated carbocycles. The lowest BCUT2D eigenvalue weighted by atomic mass is 10.1. The van der Waals surface area contributed by atoms with E-state index in [4.69, 9.17) is 16.7 Å². The van der Waals surface area contributed by atoms with Gasteiger partial charge in [-0.1, -0.05) is 23.7 Å². The molecule has 0 aliphatic carbocycles. The summed E-state index contributed by atoms with van der Waals surface area (Å²) in [7, 11) is 0. The molecule has 0 aliphatic rings. The summed E-state index contributed by atoms with van der Waals surface area (Å²) in [6.45, 7) is 3.41. The number of benzene rings is 1. The van der Waals surface area contributed by atoms with Crippen LogP contribution < -0.4 is 5.32 Å². The van der Waals surface area contributed by atoms with Gasteiger partial charge in [0.2, 0.25) is 0 Å². The SMILES string of the molecule is C[C@H](NCCCCCO)c1cccc(Cl)c1. The molecule has 0 aromatic heterocycles. The minimum Gasteiger partial charge on any atom is -0.396 e. The first kappa shape index (κ1) is 13.5. The Morgan fingerprint density at radius 2 is 2.12 bits per heavy atom. The molecule has 2 N–H and O–H groups in total. The molecule has 0 fully saturated rings. The predicted molar refractivity (Wildman–Crippen MR) is 68.8 cm³/mol. The van der Waals surface area contributed by atoms with Gasteiger partial charge in [-0.2, -0.15) is 0 Å². The third-order valence-corrected chi connectivity index (χ3v) is 2.87. The van der Waals surface area contributed by atoms with Gasteiger partial charge in [0.25, 0.3) is 0 Å². The Balaban J connectivity index is 2.27. The Morgan fingerprint density at radius 1 is 1.31 bits per heavy atom. The molecular weight excluding hydrogens is 222 g/mol. The minimum atomic E-state index is 0.295. The van der Waals surface area contributed by atoms with Crippen LogP contribution in [0.25, 0.3) is 0 Å². The van der Waals surface area contributed by atoms with E-state index in [1.165, 1.54) is 5.56 Å². The van der Waals surface area contributed by atoms with Gasteiger partial charge in [0.05, 0.1) is 0 Å². The van der Waals surface area contributed by atoms with Crippen LogP contribution in [0.5, 0.6) is 0 Å².